The van der Waals surface area contributed by atoms with Crippen LogP contribution in [-0.4, -0.2) is 11.9 Å². The number of rotatable bonds is 5. The van der Waals surface area contributed by atoms with Crippen molar-refractivity contribution < 1.29 is 14.3 Å². The first kappa shape index (κ1) is 18.5. The van der Waals surface area contributed by atoms with Crippen LogP contribution in [0.4, 0.5) is 5.69 Å². The fraction of sp³-hybridized carbons (Fsp3) is 0.238. The fourth-order valence-corrected chi connectivity index (χ4v) is 2.36. The molecule has 2 aromatic rings. The molecule has 0 aliphatic carbocycles. The number of aryl methyl sites for hydroxylation is 2. The predicted octanol–water partition coefficient (Wildman–Crippen LogP) is 4.49. The average molecular weight is 337 g/mol. The van der Waals surface area contributed by atoms with E-state index in [1.54, 1.807) is 26.0 Å². The molecule has 130 valence electrons. The molecule has 0 aliphatic heterocycles. The van der Waals surface area contributed by atoms with Crippen molar-refractivity contribution >= 4 is 17.6 Å². The number of hydrogen-bond donors (Lipinski definition) is 1. The Kier molecular flexibility index (Phi) is 6.12. The van der Waals surface area contributed by atoms with Crippen LogP contribution in [0.25, 0.3) is 0 Å². The molecular weight excluding hydrogens is 314 g/mol. The second kappa shape index (κ2) is 8.29. The summed E-state index contributed by atoms with van der Waals surface area (Å²) in [5.41, 5.74) is 4.14. The normalized spacial score (nSPS) is 11.4. The molecule has 0 saturated carbocycles. The van der Waals surface area contributed by atoms with Gasteiger partial charge < -0.3 is 10.1 Å². The molecule has 1 amide bonds. The third-order valence-corrected chi connectivity index (χ3v) is 3.63. The monoisotopic (exact) mass is 337 g/mol. The molecular formula is C21H23NO3. The van der Waals surface area contributed by atoms with Gasteiger partial charge in [0, 0.05) is 17.3 Å². The van der Waals surface area contributed by atoms with E-state index in [9.17, 15) is 9.59 Å². The minimum Gasteiger partial charge on any atom is -0.444 e. The van der Waals surface area contributed by atoms with Crippen molar-refractivity contribution in [1.82, 2.24) is 0 Å². The topological polar surface area (TPSA) is 55.4 Å². The molecule has 25 heavy (non-hydrogen) atoms. The molecule has 2 rings (SSSR count). The summed E-state index contributed by atoms with van der Waals surface area (Å²) in [5.74, 6) is -0.916. The molecule has 1 N–H and O–H groups in total. The second-order valence-corrected chi connectivity index (χ2v) is 6.26. The highest BCUT2D eigenvalue weighted by Crippen LogP contribution is 2.23. The van der Waals surface area contributed by atoms with Crippen molar-refractivity contribution in [2.24, 2.45) is 0 Å². The lowest BCUT2D eigenvalue weighted by Crippen LogP contribution is -2.25. The molecule has 4 heteroatoms. The summed E-state index contributed by atoms with van der Waals surface area (Å²) in [6.45, 7) is 7.48. The summed E-state index contributed by atoms with van der Waals surface area (Å²) in [4.78, 5) is 24.8. The Morgan fingerprint density at radius 3 is 2.36 bits per heavy atom. The maximum atomic E-state index is 12.8. The Bertz CT molecular complexity index is 790. The van der Waals surface area contributed by atoms with Crippen molar-refractivity contribution in [3.05, 3.63) is 76.9 Å². The summed E-state index contributed by atoms with van der Waals surface area (Å²) in [6.07, 6.45) is 0.366. The number of hydrogen-bond acceptors (Lipinski definition) is 3. The van der Waals surface area contributed by atoms with E-state index < -0.39 is 12.1 Å². The standard InChI is InChI=1S/C21H23NO3/c1-14(2)12-19(23)25-20(17-8-6-5-7-9-17)21(24)22-18-13-15(3)10-11-16(18)4/h5-13,20H,1-4H3,(H,22,24). The second-order valence-electron chi connectivity index (χ2n) is 6.26. The lowest BCUT2D eigenvalue weighted by atomic mass is 10.1. The summed E-state index contributed by atoms with van der Waals surface area (Å²) in [7, 11) is 0. The van der Waals surface area contributed by atoms with Gasteiger partial charge in [0.2, 0.25) is 6.10 Å². The first-order chi connectivity index (χ1) is 11.9. The zero-order valence-corrected chi connectivity index (χ0v) is 15.0. The highest BCUT2D eigenvalue weighted by molar-refractivity contribution is 5.97. The van der Waals surface area contributed by atoms with Crippen LogP contribution in [0, 0.1) is 13.8 Å². The van der Waals surface area contributed by atoms with Gasteiger partial charge in [-0.2, -0.15) is 0 Å². The van der Waals surface area contributed by atoms with E-state index in [1.807, 2.05) is 50.2 Å². The average Bonchev–Trinajstić information content (AvgIpc) is 2.56. The molecule has 0 bridgehead atoms. The Labute approximate surface area is 148 Å². The minimum absolute atomic E-state index is 0.379. The maximum Gasteiger partial charge on any atom is 0.331 e. The first-order valence-corrected chi connectivity index (χ1v) is 8.15. The number of anilines is 1. The van der Waals surface area contributed by atoms with Crippen LogP contribution in [0.5, 0.6) is 0 Å². The molecule has 0 saturated heterocycles. The fourth-order valence-electron chi connectivity index (χ4n) is 2.36. The van der Waals surface area contributed by atoms with Crippen molar-refractivity contribution in [1.29, 1.82) is 0 Å². The molecule has 0 radical (unpaired) electrons. The van der Waals surface area contributed by atoms with Crippen molar-refractivity contribution in [2.45, 2.75) is 33.8 Å². The smallest absolute Gasteiger partial charge is 0.331 e. The van der Waals surface area contributed by atoms with Gasteiger partial charge in [-0.15, -0.1) is 0 Å². The number of benzene rings is 2. The van der Waals surface area contributed by atoms with Gasteiger partial charge >= 0.3 is 5.97 Å². The highest BCUT2D eigenvalue weighted by Gasteiger charge is 2.24. The van der Waals surface area contributed by atoms with Crippen LogP contribution in [-0.2, 0) is 14.3 Å². The summed E-state index contributed by atoms with van der Waals surface area (Å²) in [6, 6.07) is 14.8. The molecule has 0 spiro atoms. The van der Waals surface area contributed by atoms with E-state index in [1.165, 1.54) is 6.08 Å². The Morgan fingerprint density at radius 2 is 1.72 bits per heavy atom. The lowest BCUT2D eigenvalue weighted by molar-refractivity contribution is -0.149. The van der Waals surface area contributed by atoms with Gasteiger partial charge in [-0.1, -0.05) is 48.0 Å². The van der Waals surface area contributed by atoms with Gasteiger partial charge in [-0.05, 0) is 44.9 Å². The van der Waals surface area contributed by atoms with Crippen LogP contribution in [0.15, 0.2) is 60.2 Å². The molecule has 0 heterocycles. The summed E-state index contributed by atoms with van der Waals surface area (Å²) < 4.78 is 5.42. The number of amides is 1. The molecule has 0 fully saturated rings. The Hall–Kier alpha value is -2.88. The van der Waals surface area contributed by atoms with Gasteiger partial charge in [0.15, 0.2) is 0 Å². The molecule has 4 nitrogen and oxygen atoms in total. The van der Waals surface area contributed by atoms with Crippen molar-refractivity contribution in [2.75, 3.05) is 5.32 Å². The minimum atomic E-state index is -1.01. The first-order valence-electron chi connectivity index (χ1n) is 8.15. The summed E-state index contributed by atoms with van der Waals surface area (Å²) >= 11 is 0. The van der Waals surface area contributed by atoms with E-state index in [2.05, 4.69) is 5.32 Å². The third kappa shape index (κ3) is 5.31. The zero-order chi connectivity index (χ0) is 18.4. The van der Waals surface area contributed by atoms with Gasteiger partial charge in [-0.3, -0.25) is 4.79 Å². The van der Waals surface area contributed by atoms with Gasteiger partial charge in [0.25, 0.3) is 5.91 Å². The Balaban J connectivity index is 2.28. The van der Waals surface area contributed by atoms with Gasteiger partial charge in [-0.25, -0.2) is 4.79 Å². The van der Waals surface area contributed by atoms with Gasteiger partial charge in [0.05, 0.1) is 0 Å². The number of carbonyl (C=O) groups is 2. The van der Waals surface area contributed by atoms with Crippen LogP contribution in [0.3, 0.4) is 0 Å². The van der Waals surface area contributed by atoms with Crippen LogP contribution < -0.4 is 5.32 Å². The molecule has 1 atom stereocenters. The van der Waals surface area contributed by atoms with Crippen molar-refractivity contribution in [3.8, 4) is 0 Å². The number of carbonyl (C=O) groups excluding carboxylic acids is 2. The quantitative estimate of drug-likeness (QED) is 0.646. The summed E-state index contributed by atoms with van der Waals surface area (Å²) in [5, 5.41) is 2.87. The highest BCUT2D eigenvalue weighted by atomic mass is 16.5. The predicted molar refractivity (Wildman–Crippen MR) is 99.3 cm³/mol. The zero-order valence-electron chi connectivity index (χ0n) is 15.0. The van der Waals surface area contributed by atoms with E-state index in [0.29, 0.717) is 11.3 Å². The van der Waals surface area contributed by atoms with Crippen LogP contribution in [0.1, 0.15) is 36.6 Å². The largest absolute Gasteiger partial charge is 0.444 e. The number of esters is 1. The number of allylic oxidation sites excluding steroid dienone is 1. The third-order valence-electron chi connectivity index (χ3n) is 3.63. The Morgan fingerprint density at radius 1 is 1.04 bits per heavy atom. The molecule has 2 aromatic carbocycles. The lowest BCUT2D eigenvalue weighted by Gasteiger charge is -2.18. The SMILES string of the molecule is CC(C)=CC(=O)OC(C(=O)Nc1cc(C)ccc1C)c1ccccc1. The van der Waals surface area contributed by atoms with Crippen LogP contribution >= 0.6 is 0 Å². The van der Waals surface area contributed by atoms with E-state index >= 15 is 0 Å². The maximum absolute atomic E-state index is 12.8. The molecule has 0 aromatic heterocycles. The molecule has 1 unspecified atom stereocenters. The van der Waals surface area contributed by atoms with Crippen molar-refractivity contribution in [3.63, 3.8) is 0 Å². The molecule has 0 aliphatic rings. The van der Waals surface area contributed by atoms with Crippen LogP contribution in [0.2, 0.25) is 0 Å². The van der Waals surface area contributed by atoms with Gasteiger partial charge in [0.1, 0.15) is 0 Å². The van der Waals surface area contributed by atoms with E-state index in [4.69, 9.17) is 4.74 Å². The number of ether oxygens (including phenoxy) is 1. The van der Waals surface area contributed by atoms with E-state index in [-0.39, 0.29) is 5.91 Å². The number of nitrogens with one attached hydrogen (secondary N) is 1. The van der Waals surface area contributed by atoms with E-state index in [0.717, 1.165) is 16.7 Å².